The van der Waals surface area contributed by atoms with Gasteiger partial charge in [-0.1, -0.05) is 0 Å². The zero-order valence-corrected chi connectivity index (χ0v) is 13.7. The van der Waals surface area contributed by atoms with Crippen molar-refractivity contribution in [1.29, 1.82) is 5.26 Å². The number of ether oxygens (including phenoxy) is 1. The average molecular weight is 327 g/mol. The Balaban J connectivity index is 1.65. The summed E-state index contributed by atoms with van der Waals surface area (Å²) in [5.74, 6) is -0.259. The lowest BCUT2D eigenvalue weighted by molar-refractivity contribution is -0.132. The van der Waals surface area contributed by atoms with Gasteiger partial charge in [0.05, 0.1) is 11.6 Å². The lowest BCUT2D eigenvalue weighted by Crippen LogP contribution is -2.46. The van der Waals surface area contributed by atoms with Gasteiger partial charge < -0.3 is 15.0 Å². The minimum absolute atomic E-state index is 0.00143. The van der Waals surface area contributed by atoms with Crippen molar-refractivity contribution in [2.75, 3.05) is 19.8 Å². The third-order valence-electron chi connectivity index (χ3n) is 4.78. The summed E-state index contributed by atoms with van der Waals surface area (Å²) in [4.78, 5) is 26.9. The first kappa shape index (κ1) is 16.5. The lowest BCUT2D eigenvalue weighted by Gasteiger charge is -2.31. The Bertz CT molecular complexity index is 689. The molecule has 6 nitrogen and oxygen atoms in total. The van der Waals surface area contributed by atoms with Crippen molar-refractivity contribution in [3.05, 3.63) is 34.9 Å². The van der Waals surface area contributed by atoms with Crippen molar-refractivity contribution in [1.82, 2.24) is 10.2 Å². The van der Waals surface area contributed by atoms with Crippen LogP contribution in [0.5, 0.6) is 0 Å². The number of amides is 2. The second-order valence-corrected chi connectivity index (χ2v) is 6.33. The van der Waals surface area contributed by atoms with E-state index in [1.807, 2.05) is 4.90 Å². The molecule has 2 fully saturated rings. The monoisotopic (exact) mass is 327 g/mol. The molecule has 1 unspecified atom stereocenters. The van der Waals surface area contributed by atoms with Crippen molar-refractivity contribution >= 4 is 11.8 Å². The van der Waals surface area contributed by atoms with Gasteiger partial charge in [-0.25, -0.2) is 0 Å². The smallest absolute Gasteiger partial charge is 0.252 e. The van der Waals surface area contributed by atoms with Crippen LogP contribution in [-0.2, 0) is 9.53 Å². The topological polar surface area (TPSA) is 82.4 Å². The maximum atomic E-state index is 12.6. The van der Waals surface area contributed by atoms with Crippen LogP contribution < -0.4 is 5.32 Å². The summed E-state index contributed by atoms with van der Waals surface area (Å²) in [7, 11) is 0. The Morgan fingerprint density at radius 3 is 2.75 bits per heavy atom. The molecule has 2 aliphatic heterocycles. The molecule has 2 heterocycles. The Hall–Kier alpha value is -2.39. The standard InChI is InChI=1S/C18H21N3O3/c1-12-10-13(11-19)2-3-15(12)17(22)20-16-4-7-21(18(16)23)14-5-8-24-9-6-14/h2-3,10,14,16H,4-9H2,1H3,(H,20,22). The molecule has 3 rings (SSSR count). The maximum absolute atomic E-state index is 12.6. The minimum atomic E-state index is -0.463. The van der Waals surface area contributed by atoms with Crippen LogP contribution in [0.3, 0.4) is 0 Å². The SMILES string of the molecule is Cc1cc(C#N)ccc1C(=O)NC1CCN(C2CCOCC2)C1=O. The number of hydrogen-bond acceptors (Lipinski definition) is 4. The number of hydrogen-bond donors (Lipinski definition) is 1. The third-order valence-corrected chi connectivity index (χ3v) is 4.78. The summed E-state index contributed by atoms with van der Waals surface area (Å²) in [5, 5.41) is 11.7. The van der Waals surface area contributed by atoms with E-state index in [9.17, 15) is 9.59 Å². The van der Waals surface area contributed by atoms with Gasteiger partial charge in [-0.3, -0.25) is 9.59 Å². The first-order valence-electron chi connectivity index (χ1n) is 8.30. The Labute approximate surface area is 141 Å². The van der Waals surface area contributed by atoms with E-state index in [1.54, 1.807) is 25.1 Å². The van der Waals surface area contributed by atoms with Gasteiger partial charge in [0.15, 0.2) is 0 Å². The molecule has 24 heavy (non-hydrogen) atoms. The molecule has 1 aromatic rings. The third kappa shape index (κ3) is 3.26. The van der Waals surface area contributed by atoms with Crippen molar-refractivity contribution in [3.8, 4) is 6.07 Å². The van der Waals surface area contributed by atoms with Gasteiger partial charge in [-0.2, -0.15) is 5.26 Å². The van der Waals surface area contributed by atoms with Gasteiger partial charge in [0.2, 0.25) is 5.91 Å². The summed E-state index contributed by atoms with van der Waals surface area (Å²) >= 11 is 0. The highest BCUT2D eigenvalue weighted by atomic mass is 16.5. The summed E-state index contributed by atoms with van der Waals surface area (Å²) in [6.45, 7) is 3.85. The fraction of sp³-hybridized carbons (Fsp3) is 0.500. The fourth-order valence-electron chi connectivity index (χ4n) is 3.42. The predicted molar refractivity (Wildman–Crippen MR) is 87.3 cm³/mol. The van der Waals surface area contributed by atoms with E-state index in [4.69, 9.17) is 10.00 Å². The molecule has 126 valence electrons. The summed E-state index contributed by atoms with van der Waals surface area (Å²) in [5.41, 5.74) is 1.76. The van der Waals surface area contributed by atoms with Gasteiger partial charge in [0.25, 0.3) is 5.91 Å². The number of benzene rings is 1. The summed E-state index contributed by atoms with van der Waals surface area (Å²) in [6.07, 6.45) is 2.36. The molecule has 0 saturated carbocycles. The first-order chi connectivity index (χ1) is 11.6. The molecule has 0 aromatic heterocycles. The number of aryl methyl sites for hydroxylation is 1. The average Bonchev–Trinajstić information content (AvgIpc) is 2.96. The molecule has 2 aliphatic rings. The molecule has 1 N–H and O–H groups in total. The van der Waals surface area contributed by atoms with E-state index >= 15 is 0 Å². The van der Waals surface area contributed by atoms with Crippen molar-refractivity contribution in [3.63, 3.8) is 0 Å². The quantitative estimate of drug-likeness (QED) is 0.909. The Morgan fingerprint density at radius 2 is 2.08 bits per heavy atom. The van der Waals surface area contributed by atoms with Gasteiger partial charge in [0.1, 0.15) is 6.04 Å². The van der Waals surface area contributed by atoms with Crippen LogP contribution in [0.25, 0.3) is 0 Å². The highest BCUT2D eigenvalue weighted by molar-refractivity contribution is 5.99. The van der Waals surface area contributed by atoms with E-state index in [-0.39, 0.29) is 17.9 Å². The van der Waals surface area contributed by atoms with Crippen molar-refractivity contribution in [2.24, 2.45) is 0 Å². The van der Waals surface area contributed by atoms with Crippen LogP contribution in [0, 0.1) is 18.3 Å². The molecule has 1 aromatic carbocycles. The molecular formula is C18H21N3O3. The predicted octanol–water partition coefficient (Wildman–Crippen LogP) is 1.38. The number of rotatable bonds is 3. The number of likely N-dealkylation sites (tertiary alicyclic amines) is 1. The minimum Gasteiger partial charge on any atom is -0.381 e. The molecular weight excluding hydrogens is 306 g/mol. The van der Waals surface area contributed by atoms with E-state index in [0.717, 1.165) is 18.4 Å². The van der Waals surface area contributed by atoms with Crippen molar-refractivity contribution < 1.29 is 14.3 Å². The molecule has 6 heteroatoms. The van der Waals surface area contributed by atoms with Crippen LogP contribution in [-0.4, -0.2) is 48.6 Å². The molecule has 0 aliphatic carbocycles. The van der Waals surface area contributed by atoms with Crippen LogP contribution >= 0.6 is 0 Å². The molecule has 2 saturated heterocycles. The Morgan fingerprint density at radius 1 is 1.33 bits per heavy atom. The van der Waals surface area contributed by atoms with Gasteiger partial charge in [-0.05, 0) is 49.9 Å². The number of nitrogens with zero attached hydrogens (tertiary/aromatic N) is 2. The summed E-state index contributed by atoms with van der Waals surface area (Å²) < 4.78 is 5.35. The van der Waals surface area contributed by atoms with Gasteiger partial charge in [-0.15, -0.1) is 0 Å². The normalized spacial score (nSPS) is 21.6. The molecule has 0 radical (unpaired) electrons. The second-order valence-electron chi connectivity index (χ2n) is 6.33. The number of carbonyl (C=O) groups excluding carboxylic acids is 2. The molecule has 0 spiro atoms. The lowest BCUT2D eigenvalue weighted by atomic mass is 10.0. The first-order valence-corrected chi connectivity index (χ1v) is 8.30. The van der Waals surface area contributed by atoms with Crippen LogP contribution in [0.4, 0.5) is 0 Å². The van der Waals surface area contributed by atoms with E-state index in [1.165, 1.54) is 0 Å². The van der Waals surface area contributed by atoms with E-state index in [2.05, 4.69) is 11.4 Å². The summed E-state index contributed by atoms with van der Waals surface area (Å²) in [6, 6.07) is 6.75. The molecule has 1 atom stereocenters. The fourth-order valence-corrected chi connectivity index (χ4v) is 3.42. The highest BCUT2D eigenvalue weighted by Gasteiger charge is 2.37. The van der Waals surface area contributed by atoms with E-state index < -0.39 is 6.04 Å². The largest absolute Gasteiger partial charge is 0.381 e. The molecule has 0 bridgehead atoms. The maximum Gasteiger partial charge on any atom is 0.252 e. The van der Waals surface area contributed by atoms with Crippen molar-refractivity contribution in [2.45, 2.75) is 38.3 Å². The van der Waals surface area contributed by atoms with Crippen LogP contribution in [0.2, 0.25) is 0 Å². The molecule has 2 amide bonds. The zero-order chi connectivity index (χ0) is 17.1. The number of nitriles is 1. The van der Waals surface area contributed by atoms with E-state index in [0.29, 0.717) is 37.3 Å². The highest BCUT2D eigenvalue weighted by Crippen LogP contribution is 2.22. The van der Waals surface area contributed by atoms with Gasteiger partial charge >= 0.3 is 0 Å². The van der Waals surface area contributed by atoms with Crippen LogP contribution in [0.15, 0.2) is 18.2 Å². The van der Waals surface area contributed by atoms with Crippen LogP contribution in [0.1, 0.15) is 40.7 Å². The van der Waals surface area contributed by atoms with Gasteiger partial charge in [0, 0.05) is 31.4 Å². The zero-order valence-electron chi connectivity index (χ0n) is 13.7. The Kier molecular flexibility index (Phi) is 4.81. The second kappa shape index (κ2) is 7.02. The number of nitrogens with one attached hydrogen (secondary N) is 1. The number of carbonyl (C=O) groups is 2.